The van der Waals surface area contributed by atoms with Crippen LogP contribution in [0.15, 0.2) is 12.3 Å². The number of esters is 1. The van der Waals surface area contributed by atoms with E-state index in [2.05, 4.69) is 10.3 Å². The first-order chi connectivity index (χ1) is 9.70. The minimum atomic E-state index is -0.399. The van der Waals surface area contributed by atoms with Gasteiger partial charge in [-0.1, -0.05) is 0 Å². The van der Waals surface area contributed by atoms with E-state index in [1.165, 1.54) is 30.5 Å². The van der Waals surface area contributed by atoms with Crippen LogP contribution in [0.25, 0.3) is 0 Å². The molecule has 3 N–H and O–H groups in total. The number of ether oxygens (including phenoxy) is 1. The minimum Gasteiger partial charge on any atom is -0.462 e. The maximum atomic E-state index is 11.8. The lowest BCUT2D eigenvalue weighted by atomic mass is 10.0. The number of pyridine rings is 1. The summed E-state index contributed by atoms with van der Waals surface area (Å²) in [6, 6.07) is 1.67. The molecule has 110 valence electrons. The SMILES string of the molecule is CCOC(=O)c1cc(NCC2CCSCC2)ncc1N. The second-order valence-electron chi connectivity index (χ2n) is 4.81. The monoisotopic (exact) mass is 295 g/mol. The summed E-state index contributed by atoms with van der Waals surface area (Å²) in [4.78, 5) is 16.0. The molecule has 20 heavy (non-hydrogen) atoms. The first kappa shape index (κ1) is 15.0. The molecule has 0 bridgehead atoms. The van der Waals surface area contributed by atoms with E-state index in [1.54, 1.807) is 13.0 Å². The van der Waals surface area contributed by atoms with Gasteiger partial charge in [0.05, 0.1) is 24.1 Å². The maximum absolute atomic E-state index is 11.8. The molecule has 0 aliphatic carbocycles. The van der Waals surface area contributed by atoms with Crippen molar-refractivity contribution in [2.75, 3.05) is 35.7 Å². The standard InChI is InChI=1S/C14H21N3O2S/c1-2-19-14(18)11-7-13(17-9-12(11)15)16-8-10-3-5-20-6-4-10/h7,9-10H,2-6,8,15H2,1H3,(H,16,17). The fourth-order valence-electron chi connectivity index (χ4n) is 2.15. The molecule has 2 rings (SSSR count). The molecular weight excluding hydrogens is 274 g/mol. The van der Waals surface area contributed by atoms with Crippen LogP contribution in [-0.4, -0.2) is 35.6 Å². The molecule has 0 saturated carbocycles. The van der Waals surface area contributed by atoms with E-state index >= 15 is 0 Å². The summed E-state index contributed by atoms with van der Waals surface area (Å²) in [5.74, 6) is 3.43. The third-order valence-electron chi connectivity index (χ3n) is 3.34. The van der Waals surface area contributed by atoms with E-state index in [1.807, 2.05) is 11.8 Å². The topological polar surface area (TPSA) is 77.2 Å². The number of hydrogen-bond donors (Lipinski definition) is 2. The van der Waals surface area contributed by atoms with Crippen molar-refractivity contribution in [1.82, 2.24) is 4.98 Å². The Hall–Kier alpha value is -1.43. The molecule has 5 nitrogen and oxygen atoms in total. The molecule has 0 amide bonds. The van der Waals surface area contributed by atoms with Gasteiger partial charge in [0.1, 0.15) is 5.82 Å². The third kappa shape index (κ3) is 4.03. The van der Waals surface area contributed by atoms with E-state index in [9.17, 15) is 4.79 Å². The van der Waals surface area contributed by atoms with E-state index in [0.717, 1.165) is 6.54 Å². The molecule has 0 radical (unpaired) electrons. The van der Waals surface area contributed by atoms with Crippen LogP contribution in [0.4, 0.5) is 11.5 Å². The number of thioether (sulfide) groups is 1. The Kier molecular flexibility index (Phi) is 5.52. The average Bonchev–Trinajstić information content (AvgIpc) is 2.47. The molecule has 0 atom stereocenters. The molecule has 6 heteroatoms. The van der Waals surface area contributed by atoms with Gasteiger partial charge in [-0.15, -0.1) is 0 Å². The summed E-state index contributed by atoms with van der Waals surface area (Å²) in [5.41, 5.74) is 6.49. The number of nitrogens with zero attached hydrogens (tertiary/aromatic N) is 1. The van der Waals surface area contributed by atoms with Crippen molar-refractivity contribution in [2.24, 2.45) is 5.92 Å². The highest BCUT2D eigenvalue weighted by Gasteiger charge is 2.15. The predicted octanol–water partition coefficient (Wildman–Crippen LogP) is 2.40. The zero-order chi connectivity index (χ0) is 14.4. The number of aromatic nitrogens is 1. The molecule has 0 unspecified atom stereocenters. The van der Waals surface area contributed by atoms with Crippen molar-refractivity contribution in [3.8, 4) is 0 Å². The van der Waals surface area contributed by atoms with Crippen molar-refractivity contribution < 1.29 is 9.53 Å². The normalized spacial score (nSPS) is 15.8. The van der Waals surface area contributed by atoms with Crippen LogP contribution in [0.5, 0.6) is 0 Å². The summed E-state index contributed by atoms with van der Waals surface area (Å²) >= 11 is 2.01. The molecule has 1 fully saturated rings. The number of nitrogens with one attached hydrogen (secondary N) is 1. The van der Waals surface area contributed by atoms with Crippen LogP contribution in [0, 0.1) is 5.92 Å². The molecule has 1 aliphatic heterocycles. The number of carbonyl (C=O) groups excluding carboxylic acids is 1. The number of rotatable bonds is 5. The fourth-order valence-corrected chi connectivity index (χ4v) is 3.35. The highest BCUT2D eigenvalue weighted by atomic mass is 32.2. The van der Waals surface area contributed by atoms with Gasteiger partial charge in [0.15, 0.2) is 0 Å². The lowest BCUT2D eigenvalue weighted by Gasteiger charge is -2.21. The summed E-state index contributed by atoms with van der Waals surface area (Å²) in [7, 11) is 0. The molecule has 1 aliphatic rings. The van der Waals surface area contributed by atoms with Crippen molar-refractivity contribution in [3.63, 3.8) is 0 Å². The molecule has 0 spiro atoms. The number of carbonyl (C=O) groups is 1. The average molecular weight is 295 g/mol. The van der Waals surface area contributed by atoms with Gasteiger partial charge in [0, 0.05) is 6.54 Å². The van der Waals surface area contributed by atoms with E-state index in [0.29, 0.717) is 29.6 Å². The van der Waals surface area contributed by atoms with Crippen molar-refractivity contribution >= 4 is 29.2 Å². The number of anilines is 2. The smallest absolute Gasteiger partial charge is 0.340 e. The Morgan fingerprint density at radius 3 is 3.00 bits per heavy atom. The van der Waals surface area contributed by atoms with Crippen LogP contribution in [0.3, 0.4) is 0 Å². The largest absolute Gasteiger partial charge is 0.462 e. The van der Waals surface area contributed by atoms with E-state index < -0.39 is 5.97 Å². The molecule has 2 heterocycles. The van der Waals surface area contributed by atoms with Gasteiger partial charge >= 0.3 is 5.97 Å². The van der Waals surface area contributed by atoms with Gasteiger partial charge in [0.25, 0.3) is 0 Å². The second-order valence-corrected chi connectivity index (χ2v) is 6.04. The number of nitrogen functional groups attached to an aromatic ring is 1. The molecule has 1 aromatic rings. The molecular formula is C14H21N3O2S. The Bertz CT molecular complexity index is 462. The highest BCUT2D eigenvalue weighted by Crippen LogP contribution is 2.23. The van der Waals surface area contributed by atoms with Crippen molar-refractivity contribution in [1.29, 1.82) is 0 Å². The zero-order valence-corrected chi connectivity index (χ0v) is 12.5. The van der Waals surface area contributed by atoms with E-state index in [4.69, 9.17) is 10.5 Å². The van der Waals surface area contributed by atoms with Gasteiger partial charge in [-0.05, 0) is 43.3 Å². The van der Waals surface area contributed by atoms with Gasteiger partial charge in [-0.2, -0.15) is 11.8 Å². The maximum Gasteiger partial charge on any atom is 0.340 e. The summed E-state index contributed by atoms with van der Waals surface area (Å²) in [5, 5.41) is 3.30. The van der Waals surface area contributed by atoms with Crippen molar-refractivity contribution in [3.05, 3.63) is 17.8 Å². The lowest BCUT2D eigenvalue weighted by Crippen LogP contribution is -2.20. The Morgan fingerprint density at radius 1 is 1.55 bits per heavy atom. The predicted molar refractivity (Wildman–Crippen MR) is 83.1 cm³/mol. The summed E-state index contributed by atoms with van der Waals surface area (Å²) < 4.78 is 4.98. The Morgan fingerprint density at radius 2 is 2.30 bits per heavy atom. The van der Waals surface area contributed by atoms with Crippen LogP contribution in [0.1, 0.15) is 30.1 Å². The minimum absolute atomic E-state index is 0.336. The highest BCUT2D eigenvalue weighted by molar-refractivity contribution is 7.99. The number of nitrogens with two attached hydrogens (primary N) is 1. The Labute approximate surface area is 123 Å². The first-order valence-corrected chi connectivity index (χ1v) is 8.10. The lowest BCUT2D eigenvalue weighted by molar-refractivity contribution is 0.0527. The third-order valence-corrected chi connectivity index (χ3v) is 4.39. The van der Waals surface area contributed by atoms with Gasteiger partial charge in [-0.3, -0.25) is 0 Å². The summed E-state index contributed by atoms with van der Waals surface area (Å²) in [6.07, 6.45) is 3.97. The molecule has 1 aromatic heterocycles. The van der Waals surface area contributed by atoms with Crippen LogP contribution in [-0.2, 0) is 4.74 Å². The molecule has 1 saturated heterocycles. The number of hydrogen-bond acceptors (Lipinski definition) is 6. The van der Waals surface area contributed by atoms with Crippen LogP contribution in [0.2, 0.25) is 0 Å². The van der Waals surface area contributed by atoms with Crippen molar-refractivity contribution in [2.45, 2.75) is 19.8 Å². The fraction of sp³-hybridized carbons (Fsp3) is 0.571. The van der Waals surface area contributed by atoms with Crippen LogP contribution >= 0.6 is 11.8 Å². The Balaban J connectivity index is 1.97. The van der Waals surface area contributed by atoms with Gasteiger partial charge in [0.2, 0.25) is 0 Å². The van der Waals surface area contributed by atoms with Gasteiger partial charge in [-0.25, -0.2) is 9.78 Å². The first-order valence-electron chi connectivity index (χ1n) is 6.95. The quantitative estimate of drug-likeness (QED) is 0.812. The zero-order valence-electron chi connectivity index (χ0n) is 11.7. The second kappa shape index (κ2) is 7.38. The summed E-state index contributed by atoms with van der Waals surface area (Å²) in [6.45, 7) is 3.00. The van der Waals surface area contributed by atoms with Gasteiger partial charge < -0.3 is 15.8 Å². The van der Waals surface area contributed by atoms with E-state index in [-0.39, 0.29) is 0 Å². The molecule has 0 aromatic carbocycles. The van der Waals surface area contributed by atoms with Crippen LogP contribution < -0.4 is 11.1 Å².